The zero-order valence-electron chi connectivity index (χ0n) is 18.8. The van der Waals surface area contributed by atoms with Crippen LogP contribution in [0.2, 0.25) is 0 Å². The molecule has 1 aliphatic rings. The van der Waals surface area contributed by atoms with Gasteiger partial charge >= 0.3 is 5.97 Å². The highest BCUT2D eigenvalue weighted by Crippen LogP contribution is 2.35. The van der Waals surface area contributed by atoms with Crippen molar-refractivity contribution in [2.24, 2.45) is 0 Å². The number of methoxy groups -OCH3 is 1. The molecular weight excluding hydrogens is 418 g/mol. The molecule has 0 saturated heterocycles. The smallest absolute Gasteiger partial charge is 0.343 e. The minimum atomic E-state index is -0.526. The Morgan fingerprint density at radius 3 is 2.42 bits per heavy atom. The zero-order valence-corrected chi connectivity index (χ0v) is 18.8. The maximum atomic E-state index is 12.8. The van der Waals surface area contributed by atoms with E-state index in [4.69, 9.17) is 14.2 Å². The van der Waals surface area contributed by atoms with Crippen LogP contribution in [0, 0.1) is 0 Å². The van der Waals surface area contributed by atoms with Gasteiger partial charge in [-0.05, 0) is 68.0 Å². The fraction of sp³-hybridized carbons (Fsp3) is 0.185. The Balaban J connectivity index is 1.50. The van der Waals surface area contributed by atoms with E-state index in [1.165, 1.54) is 7.11 Å². The molecule has 0 aromatic heterocycles. The van der Waals surface area contributed by atoms with Crippen molar-refractivity contribution >= 4 is 23.5 Å². The van der Waals surface area contributed by atoms with Gasteiger partial charge in [-0.25, -0.2) is 4.79 Å². The highest BCUT2D eigenvalue weighted by molar-refractivity contribution is 6.14. The number of ether oxygens (including phenoxy) is 3. The quantitative estimate of drug-likeness (QED) is 0.278. The average molecular weight is 443 g/mol. The standard InChI is InChI=1S/C27H25NO5/c1-4-28(5-2)20-11-9-18(10-12-20)15-25-26(29)23-14-13-22(17-24(23)33-25)32-27(30)19-7-6-8-21(16-19)31-3/h6-17H,4-5H2,1-3H3/b25-15-. The van der Waals surface area contributed by atoms with Crippen LogP contribution in [-0.4, -0.2) is 32.0 Å². The largest absolute Gasteiger partial charge is 0.497 e. The second-order valence-electron chi connectivity index (χ2n) is 7.48. The molecular formula is C27H25NO5. The maximum absolute atomic E-state index is 12.8. The van der Waals surface area contributed by atoms with Crippen LogP contribution in [0.3, 0.4) is 0 Å². The number of ketones is 1. The maximum Gasteiger partial charge on any atom is 0.343 e. The lowest BCUT2D eigenvalue weighted by Gasteiger charge is -2.20. The molecule has 0 bridgehead atoms. The lowest BCUT2D eigenvalue weighted by Crippen LogP contribution is -2.21. The predicted octanol–water partition coefficient (Wildman–Crippen LogP) is 5.38. The number of anilines is 1. The molecule has 0 atom stereocenters. The third-order valence-corrected chi connectivity index (χ3v) is 5.48. The number of hydrogen-bond donors (Lipinski definition) is 0. The minimum absolute atomic E-state index is 0.205. The van der Waals surface area contributed by atoms with Gasteiger partial charge in [-0.3, -0.25) is 4.79 Å². The fourth-order valence-electron chi connectivity index (χ4n) is 3.67. The van der Waals surface area contributed by atoms with Crippen LogP contribution in [0.1, 0.15) is 40.1 Å². The predicted molar refractivity (Wildman–Crippen MR) is 127 cm³/mol. The molecule has 0 N–H and O–H groups in total. The number of hydrogen-bond acceptors (Lipinski definition) is 6. The Labute approximate surface area is 193 Å². The second-order valence-corrected chi connectivity index (χ2v) is 7.48. The van der Waals surface area contributed by atoms with Gasteiger partial charge in [-0.2, -0.15) is 0 Å². The third-order valence-electron chi connectivity index (χ3n) is 5.48. The summed E-state index contributed by atoms with van der Waals surface area (Å²) in [5.74, 6) is 0.718. The number of rotatable bonds is 7. The van der Waals surface area contributed by atoms with Gasteiger partial charge < -0.3 is 19.1 Å². The van der Waals surface area contributed by atoms with Gasteiger partial charge in [-0.1, -0.05) is 18.2 Å². The molecule has 168 valence electrons. The molecule has 0 aliphatic carbocycles. The van der Waals surface area contributed by atoms with Crippen molar-refractivity contribution < 1.29 is 23.8 Å². The van der Waals surface area contributed by atoms with Crippen molar-refractivity contribution in [1.29, 1.82) is 0 Å². The van der Waals surface area contributed by atoms with E-state index in [1.54, 1.807) is 48.5 Å². The summed E-state index contributed by atoms with van der Waals surface area (Å²) in [6.45, 7) is 6.09. The topological polar surface area (TPSA) is 65.1 Å². The number of benzene rings is 3. The number of fused-ring (bicyclic) bond motifs is 1. The van der Waals surface area contributed by atoms with Crippen LogP contribution in [-0.2, 0) is 0 Å². The summed E-state index contributed by atoms with van der Waals surface area (Å²) in [6, 6.07) is 19.4. The number of carbonyl (C=O) groups is 2. The molecule has 6 heteroatoms. The Morgan fingerprint density at radius 1 is 0.970 bits per heavy atom. The SMILES string of the molecule is CCN(CC)c1ccc(/C=C2\Oc3cc(OC(=O)c4cccc(OC)c4)ccc3C2=O)cc1. The normalized spacial score (nSPS) is 13.4. The first kappa shape index (κ1) is 22.1. The summed E-state index contributed by atoms with van der Waals surface area (Å²) in [5.41, 5.74) is 2.79. The molecule has 1 heterocycles. The van der Waals surface area contributed by atoms with E-state index < -0.39 is 5.97 Å². The molecule has 0 unspecified atom stereocenters. The summed E-state index contributed by atoms with van der Waals surface area (Å²) in [6.07, 6.45) is 1.72. The first-order chi connectivity index (χ1) is 16.0. The van der Waals surface area contributed by atoms with E-state index >= 15 is 0 Å². The minimum Gasteiger partial charge on any atom is -0.497 e. The lowest BCUT2D eigenvalue weighted by atomic mass is 10.1. The van der Waals surface area contributed by atoms with E-state index in [0.29, 0.717) is 28.4 Å². The third kappa shape index (κ3) is 4.75. The molecule has 33 heavy (non-hydrogen) atoms. The van der Waals surface area contributed by atoms with Gasteiger partial charge in [0.2, 0.25) is 5.78 Å². The zero-order chi connectivity index (χ0) is 23.4. The summed E-state index contributed by atoms with van der Waals surface area (Å²) in [4.78, 5) is 27.5. The Kier molecular flexibility index (Phi) is 6.45. The summed E-state index contributed by atoms with van der Waals surface area (Å²) in [7, 11) is 1.53. The highest BCUT2D eigenvalue weighted by Gasteiger charge is 2.28. The molecule has 4 rings (SSSR count). The molecule has 6 nitrogen and oxygen atoms in total. The van der Waals surface area contributed by atoms with Crippen LogP contribution in [0.4, 0.5) is 5.69 Å². The average Bonchev–Trinajstić information content (AvgIpc) is 3.15. The summed E-state index contributed by atoms with van der Waals surface area (Å²) in [5, 5.41) is 0. The number of Topliss-reactive ketones (excluding diaryl/α,β-unsaturated/α-hetero) is 1. The Bertz CT molecular complexity index is 1210. The van der Waals surface area contributed by atoms with E-state index in [0.717, 1.165) is 24.3 Å². The van der Waals surface area contributed by atoms with Crippen molar-refractivity contribution in [2.45, 2.75) is 13.8 Å². The van der Waals surface area contributed by atoms with Gasteiger partial charge in [0.15, 0.2) is 5.76 Å². The van der Waals surface area contributed by atoms with Gasteiger partial charge in [0.1, 0.15) is 17.2 Å². The van der Waals surface area contributed by atoms with Crippen molar-refractivity contribution in [3.63, 3.8) is 0 Å². The first-order valence-corrected chi connectivity index (χ1v) is 10.8. The van der Waals surface area contributed by atoms with Crippen LogP contribution in [0.15, 0.2) is 72.5 Å². The second kappa shape index (κ2) is 9.61. The van der Waals surface area contributed by atoms with Crippen molar-refractivity contribution in [2.75, 3.05) is 25.1 Å². The van der Waals surface area contributed by atoms with Crippen molar-refractivity contribution in [1.82, 2.24) is 0 Å². The van der Waals surface area contributed by atoms with Crippen molar-refractivity contribution in [3.8, 4) is 17.2 Å². The Hall–Kier alpha value is -4.06. The van der Waals surface area contributed by atoms with Gasteiger partial charge in [0, 0.05) is 24.8 Å². The first-order valence-electron chi connectivity index (χ1n) is 10.8. The van der Waals surface area contributed by atoms with Gasteiger partial charge in [0.25, 0.3) is 0 Å². The molecule has 3 aromatic rings. The highest BCUT2D eigenvalue weighted by atomic mass is 16.5. The number of nitrogens with zero attached hydrogens (tertiary/aromatic N) is 1. The fourth-order valence-corrected chi connectivity index (χ4v) is 3.67. The van der Waals surface area contributed by atoms with Crippen LogP contribution in [0.5, 0.6) is 17.2 Å². The van der Waals surface area contributed by atoms with E-state index in [9.17, 15) is 9.59 Å². The van der Waals surface area contributed by atoms with Crippen LogP contribution >= 0.6 is 0 Å². The number of esters is 1. The van der Waals surface area contributed by atoms with Crippen LogP contribution in [0.25, 0.3) is 6.08 Å². The van der Waals surface area contributed by atoms with Crippen LogP contribution < -0.4 is 19.1 Å². The van der Waals surface area contributed by atoms with Crippen molar-refractivity contribution in [3.05, 3.63) is 89.2 Å². The molecule has 3 aromatic carbocycles. The molecule has 0 saturated carbocycles. The monoisotopic (exact) mass is 443 g/mol. The van der Waals surface area contributed by atoms with Gasteiger partial charge in [-0.15, -0.1) is 0 Å². The van der Waals surface area contributed by atoms with E-state index in [1.807, 2.05) is 24.3 Å². The van der Waals surface area contributed by atoms with E-state index in [-0.39, 0.29) is 11.5 Å². The number of carbonyl (C=O) groups excluding carboxylic acids is 2. The Morgan fingerprint density at radius 2 is 1.73 bits per heavy atom. The summed E-state index contributed by atoms with van der Waals surface area (Å²) < 4.78 is 16.4. The summed E-state index contributed by atoms with van der Waals surface area (Å²) >= 11 is 0. The molecule has 1 aliphatic heterocycles. The number of allylic oxidation sites excluding steroid dienone is 1. The molecule has 0 spiro atoms. The molecule has 0 fully saturated rings. The molecule has 0 amide bonds. The van der Waals surface area contributed by atoms with Gasteiger partial charge in [0.05, 0.1) is 18.2 Å². The van der Waals surface area contributed by atoms with E-state index in [2.05, 4.69) is 18.7 Å². The lowest BCUT2D eigenvalue weighted by molar-refractivity contribution is 0.0734. The molecule has 0 radical (unpaired) electrons.